The Balaban J connectivity index is 2.17. The van der Waals surface area contributed by atoms with Gasteiger partial charge in [-0.25, -0.2) is 5.43 Å². The molecule has 2 aromatic carbocycles. The molecule has 0 aliphatic heterocycles. The second-order valence-corrected chi connectivity index (χ2v) is 4.36. The molecular weight excluding hydrogens is 268 g/mol. The van der Waals surface area contributed by atoms with Crippen molar-refractivity contribution in [2.24, 2.45) is 5.10 Å². The van der Waals surface area contributed by atoms with Crippen LogP contribution in [0.4, 0.5) is 0 Å². The van der Waals surface area contributed by atoms with E-state index in [1.54, 1.807) is 55.5 Å². The zero-order valence-corrected chi connectivity index (χ0v) is 11.8. The first kappa shape index (κ1) is 14.6. The molecule has 0 bridgehead atoms. The highest BCUT2D eigenvalue weighted by atomic mass is 16.5. The topological polar surface area (TPSA) is 70.9 Å². The number of benzene rings is 2. The van der Waals surface area contributed by atoms with Crippen molar-refractivity contribution in [3.63, 3.8) is 0 Å². The molecule has 2 N–H and O–H groups in total. The number of hydrazone groups is 1. The number of hydrogen-bond donors (Lipinski definition) is 2. The predicted octanol–water partition coefficient (Wildman–Crippen LogP) is 2.55. The number of carbonyl (C=O) groups excluding carboxylic acids is 1. The van der Waals surface area contributed by atoms with Gasteiger partial charge >= 0.3 is 0 Å². The molecule has 2 aromatic rings. The van der Waals surface area contributed by atoms with E-state index in [2.05, 4.69) is 10.5 Å². The minimum atomic E-state index is -0.373. The summed E-state index contributed by atoms with van der Waals surface area (Å²) >= 11 is 0. The Labute approximate surface area is 122 Å². The molecular formula is C16H16N2O3. The summed E-state index contributed by atoms with van der Waals surface area (Å²) in [5.74, 6) is 0.220. The molecule has 1 amide bonds. The van der Waals surface area contributed by atoms with Gasteiger partial charge in [0, 0.05) is 5.56 Å². The summed E-state index contributed by atoms with van der Waals surface area (Å²) in [6.45, 7) is 1.71. The summed E-state index contributed by atoms with van der Waals surface area (Å²) in [6, 6.07) is 13.7. The van der Waals surface area contributed by atoms with Crippen LogP contribution in [0.1, 0.15) is 22.8 Å². The molecule has 5 nitrogen and oxygen atoms in total. The molecule has 0 atom stereocenters. The van der Waals surface area contributed by atoms with Crippen molar-refractivity contribution in [2.75, 3.05) is 7.11 Å². The van der Waals surface area contributed by atoms with Crippen LogP contribution in [-0.4, -0.2) is 23.8 Å². The Morgan fingerprint density at radius 3 is 2.38 bits per heavy atom. The van der Waals surface area contributed by atoms with Crippen LogP contribution in [-0.2, 0) is 0 Å². The first-order chi connectivity index (χ1) is 10.1. The van der Waals surface area contributed by atoms with Gasteiger partial charge in [0.1, 0.15) is 11.5 Å². The van der Waals surface area contributed by atoms with Crippen molar-refractivity contribution >= 4 is 11.6 Å². The molecule has 0 aliphatic carbocycles. The van der Waals surface area contributed by atoms with Crippen molar-refractivity contribution < 1.29 is 14.6 Å². The third-order valence-electron chi connectivity index (χ3n) is 2.97. The molecule has 0 radical (unpaired) electrons. The molecule has 108 valence electrons. The maximum Gasteiger partial charge on any atom is 0.275 e. The maximum absolute atomic E-state index is 12.1. The lowest BCUT2D eigenvalue weighted by molar-refractivity contribution is 0.0952. The number of methoxy groups -OCH3 is 1. The van der Waals surface area contributed by atoms with E-state index >= 15 is 0 Å². The summed E-state index contributed by atoms with van der Waals surface area (Å²) in [7, 11) is 1.50. The van der Waals surface area contributed by atoms with Crippen LogP contribution < -0.4 is 10.2 Å². The Kier molecular flexibility index (Phi) is 4.56. The van der Waals surface area contributed by atoms with Crippen LogP contribution in [0.3, 0.4) is 0 Å². The minimum Gasteiger partial charge on any atom is -0.507 e. The van der Waals surface area contributed by atoms with Gasteiger partial charge in [-0.05, 0) is 31.2 Å². The molecule has 21 heavy (non-hydrogen) atoms. The Hall–Kier alpha value is -2.82. The Bertz CT molecular complexity index is 681. The van der Waals surface area contributed by atoms with E-state index in [1.165, 1.54) is 7.11 Å². The van der Waals surface area contributed by atoms with Crippen molar-refractivity contribution in [1.82, 2.24) is 5.43 Å². The number of nitrogens with one attached hydrogen (secondary N) is 1. The second-order valence-electron chi connectivity index (χ2n) is 4.36. The largest absolute Gasteiger partial charge is 0.507 e. The fourth-order valence-corrected chi connectivity index (χ4v) is 1.87. The Morgan fingerprint density at radius 2 is 1.71 bits per heavy atom. The van der Waals surface area contributed by atoms with Gasteiger partial charge in [-0.15, -0.1) is 0 Å². The second kappa shape index (κ2) is 6.56. The summed E-state index contributed by atoms with van der Waals surface area (Å²) in [6.07, 6.45) is 0. The van der Waals surface area contributed by atoms with Crippen LogP contribution in [0.2, 0.25) is 0 Å². The molecule has 0 unspecified atom stereocenters. The van der Waals surface area contributed by atoms with Crippen LogP contribution in [0.25, 0.3) is 0 Å². The Morgan fingerprint density at radius 1 is 1.10 bits per heavy atom. The maximum atomic E-state index is 12.1. The quantitative estimate of drug-likeness (QED) is 0.669. The highest BCUT2D eigenvalue weighted by molar-refractivity contribution is 6.03. The number of hydrogen-bond acceptors (Lipinski definition) is 4. The number of phenolic OH excluding ortho intramolecular Hbond substituents is 1. The smallest absolute Gasteiger partial charge is 0.275 e. The first-order valence-electron chi connectivity index (χ1n) is 6.39. The monoisotopic (exact) mass is 284 g/mol. The van der Waals surface area contributed by atoms with E-state index in [9.17, 15) is 9.90 Å². The molecule has 0 aromatic heterocycles. The molecule has 0 saturated carbocycles. The predicted molar refractivity (Wildman–Crippen MR) is 80.8 cm³/mol. The van der Waals surface area contributed by atoms with Gasteiger partial charge in [0.2, 0.25) is 0 Å². The average molecular weight is 284 g/mol. The SMILES string of the molecule is COc1ccccc1C(=O)N/N=C(/C)c1ccccc1O. The van der Waals surface area contributed by atoms with E-state index in [0.717, 1.165) is 0 Å². The molecule has 0 aliphatic rings. The zero-order chi connectivity index (χ0) is 15.2. The zero-order valence-electron chi connectivity index (χ0n) is 11.8. The van der Waals surface area contributed by atoms with E-state index in [-0.39, 0.29) is 11.7 Å². The number of ether oxygens (including phenoxy) is 1. The number of phenols is 1. The van der Waals surface area contributed by atoms with E-state index in [4.69, 9.17) is 4.74 Å². The number of nitrogens with zero attached hydrogens (tertiary/aromatic N) is 1. The van der Waals surface area contributed by atoms with E-state index < -0.39 is 0 Å². The third kappa shape index (κ3) is 3.39. The van der Waals surface area contributed by atoms with Gasteiger partial charge in [-0.2, -0.15) is 5.10 Å². The molecule has 0 fully saturated rings. The minimum absolute atomic E-state index is 0.116. The van der Waals surface area contributed by atoms with Crippen LogP contribution >= 0.6 is 0 Å². The summed E-state index contributed by atoms with van der Waals surface area (Å²) < 4.78 is 5.13. The summed E-state index contributed by atoms with van der Waals surface area (Å²) in [5, 5.41) is 13.7. The molecule has 0 spiro atoms. The lowest BCUT2D eigenvalue weighted by Gasteiger charge is -2.07. The van der Waals surface area contributed by atoms with Crippen molar-refractivity contribution in [3.8, 4) is 11.5 Å². The van der Waals surface area contributed by atoms with Crippen molar-refractivity contribution in [3.05, 3.63) is 59.7 Å². The first-order valence-corrected chi connectivity index (χ1v) is 6.39. The summed E-state index contributed by atoms with van der Waals surface area (Å²) in [5.41, 5.74) is 3.93. The number of aromatic hydroxyl groups is 1. The van der Waals surface area contributed by atoms with Crippen molar-refractivity contribution in [2.45, 2.75) is 6.92 Å². The van der Waals surface area contributed by atoms with Gasteiger partial charge in [0.05, 0.1) is 18.4 Å². The number of para-hydroxylation sites is 2. The van der Waals surface area contributed by atoms with Crippen LogP contribution in [0.15, 0.2) is 53.6 Å². The van der Waals surface area contributed by atoms with Gasteiger partial charge in [0.25, 0.3) is 5.91 Å². The number of rotatable bonds is 4. The fourth-order valence-electron chi connectivity index (χ4n) is 1.87. The lowest BCUT2D eigenvalue weighted by atomic mass is 10.1. The van der Waals surface area contributed by atoms with E-state index in [1.807, 2.05) is 0 Å². The molecule has 0 saturated heterocycles. The average Bonchev–Trinajstić information content (AvgIpc) is 2.52. The molecule has 0 heterocycles. The third-order valence-corrected chi connectivity index (χ3v) is 2.97. The normalized spacial score (nSPS) is 11.0. The van der Waals surface area contributed by atoms with E-state index in [0.29, 0.717) is 22.6 Å². The van der Waals surface area contributed by atoms with Gasteiger partial charge in [0.15, 0.2) is 0 Å². The van der Waals surface area contributed by atoms with Gasteiger partial charge < -0.3 is 9.84 Å². The lowest BCUT2D eigenvalue weighted by Crippen LogP contribution is -2.20. The number of amides is 1. The molecule has 5 heteroatoms. The van der Waals surface area contributed by atoms with Gasteiger partial charge in [-0.3, -0.25) is 4.79 Å². The standard InChI is InChI=1S/C16H16N2O3/c1-11(12-7-3-5-9-14(12)19)17-18-16(20)13-8-4-6-10-15(13)21-2/h3-10,19H,1-2H3,(H,18,20)/b17-11-. The van der Waals surface area contributed by atoms with Crippen molar-refractivity contribution in [1.29, 1.82) is 0 Å². The fraction of sp³-hybridized carbons (Fsp3) is 0.125. The summed E-state index contributed by atoms with van der Waals surface area (Å²) in [4.78, 5) is 12.1. The highest BCUT2D eigenvalue weighted by Gasteiger charge is 2.11. The van der Waals surface area contributed by atoms with Gasteiger partial charge in [-0.1, -0.05) is 24.3 Å². The molecule has 2 rings (SSSR count). The number of carbonyl (C=O) groups is 1. The highest BCUT2D eigenvalue weighted by Crippen LogP contribution is 2.18. The van der Waals surface area contributed by atoms with Crippen LogP contribution in [0, 0.1) is 0 Å². The van der Waals surface area contributed by atoms with Crippen LogP contribution in [0.5, 0.6) is 11.5 Å².